The maximum atomic E-state index is 10.8. The molecule has 0 bridgehead atoms. The second-order valence-electron chi connectivity index (χ2n) is 4.88. The molecule has 0 atom stereocenters. The van der Waals surface area contributed by atoms with Crippen LogP contribution in [0, 0.1) is 14.9 Å². The van der Waals surface area contributed by atoms with Crippen molar-refractivity contribution >= 4 is 17.9 Å². The van der Waals surface area contributed by atoms with Gasteiger partial charge in [-0.05, 0) is 24.4 Å². The van der Waals surface area contributed by atoms with Crippen molar-refractivity contribution in [3.05, 3.63) is 69.5 Å². The predicted molar refractivity (Wildman–Crippen MR) is 92.4 cm³/mol. The molecule has 0 aliphatic heterocycles. The van der Waals surface area contributed by atoms with Crippen LogP contribution in [0.4, 0.5) is 5.69 Å². The third-order valence-corrected chi connectivity index (χ3v) is 3.82. The van der Waals surface area contributed by atoms with E-state index in [-0.39, 0.29) is 5.69 Å². The zero-order valence-electron chi connectivity index (χ0n) is 12.3. The van der Waals surface area contributed by atoms with Gasteiger partial charge in [0.1, 0.15) is 0 Å². The Hall–Kier alpha value is -2.93. The summed E-state index contributed by atoms with van der Waals surface area (Å²) in [6.07, 6.45) is 0. The fourth-order valence-electron chi connectivity index (χ4n) is 2.48. The summed E-state index contributed by atoms with van der Waals surface area (Å²) in [5, 5.41) is 10.8. The smallest absolute Gasteiger partial charge is 0.269 e. The van der Waals surface area contributed by atoms with Crippen LogP contribution >= 0.6 is 12.2 Å². The predicted octanol–water partition coefficient (Wildman–Crippen LogP) is 3.96. The van der Waals surface area contributed by atoms with Crippen LogP contribution in [0.15, 0.2) is 54.6 Å². The second kappa shape index (κ2) is 6.05. The van der Waals surface area contributed by atoms with E-state index in [1.165, 1.54) is 12.1 Å². The number of nitrogens with zero attached hydrogens (tertiary/aromatic N) is 2. The van der Waals surface area contributed by atoms with Crippen LogP contribution < -0.4 is 5.43 Å². The summed E-state index contributed by atoms with van der Waals surface area (Å²) < 4.78 is 2.28. The van der Waals surface area contributed by atoms with E-state index in [1.807, 2.05) is 30.3 Å². The average Bonchev–Trinajstić information content (AvgIpc) is 2.92. The van der Waals surface area contributed by atoms with Gasteiger partial charge in [-0.3, -0.25) is 10.1 Å². The largest absolute Gasteiger partial charge is 0.329 e. The molecular formula is C16H14N4O2S. The molecule has 116 valence electrons. The van der Waals surface area contributed by atoms with Gasteiger partial charge in [0.05, 0.1) is 16.3 Å². The van der Waals surface area contributed by atoms with Gasteiger partial charge in [-0.2, -0.15) is 0 Å². The lowest BCUT2D eigenvalue weighted by atomic mass is 10.0. The van der Waals surface area contributed by atoms with E-state index < -0.39 is 4.92 Å². The van der Waals surface area contributed by atoms with Gasteiger partial charge in [-0.15, -0.1) is 0 Å². The Morgan fingerprint density at radius 3 is 2.30 bits per heavy atom. The molecule has 1 heterocycles. The molecule has 0 spiro atoms. The molecule has 0 aliphatic carbocycles. The minimum Gasteiger partial charge on any atom is -0.329 e. The standard InChI is InChI=1S/C16H14N4O2S/c1-17-19-15(12-7-9-13(10-8-12)20(21)22)14(18-16(19)23)11-5-3-2-4-6-11/h2-10,17H,1H3,(H,18,23). The molecule has 23 heavy (non-hydrogen) atoms. The van der Waals surface area contributed by atoms with Crippen molar-refractivity contribution in [2.75, 3.05) is 12.5 Å². The number of benzene rings is 2. The number of nitro groups is 1. The molecule has 7 heteroatoms. The lowest BCUT2D eigenvalue weighted by molar-refractivity contribution is -0.384. The number of non-ortho nitro benzene ring substituents is 1. The van der Waals surface area contributed by atoms with Gasteiger partial charge >= 0.3 is 0 Å². The number of aromatic amines is 1. The summed E-state index contributed by atoms with van der Waals surface area (Å²) in [6, 6.07) is 16.2. The Balaban J connectivity index is 2.21. The Morgan fingerprint density at radius 2 is 1.74 bits per heavy atom. The van der Waals surface area contributed by atoms with Crippen LogP contribution in [0.1, 0.15) is 0 Å². The number of H-pyrrole nitrogens is 1. The van der Waals surface area contributed by atoms with Crippen molar-refractivity contribution in [3.63, 3.8) is 0 Å². The lowest BCUT2D eigenvalue weighted by Crippen LogP contribution is -2.10. The van der Waals surface area contributed by atoms with Crippen molar-refractivity contribution < 1.29 is 4.92 Å². The highest BCUT2D eigenvalue weighted by Crippen LogP contribution is 2.32. The fraction of sp³-hybridized carbons (Fsp3) is 0.0625. The molecule has 0 saturated carbocycles. The number of nitro benzene ring substituents is 1. The van der Waals surface area contributed by atoms with Crippen molar-refractivity contribution in [1.29, 1.82) is 0 Å². The van der Waals surface area contributed by atoms with Crippen molar-refractivity contribution in [1.82, 2.24) is 9.66 Å². The summed E-state index contributed by atoms with van der Waals surface area (Å²) in [6.45, 7) is 0. The van der Waals surface area contributed by atoms with E-state index in [1.54, 1.807) is 23.9 Å². The topological polar surface area (TPSA) is 75.9 Å². The molecule has 3 rings (SSSR count). The molecule has 0 saturated heterocycles. The van der Waals surface area contributed by atoms with Gasteiger partial charge < -0.3 is 10.4 Å². The van der Waals surface area contributed by atoms with Crippen LogP contribution in [0.5, 0.6) is 0 Å². The van der Waals surface area contributed by atoms with Gasteiger partial charge in [0.15, 0.2) is 4.77 Å². The van der Waals surface area contributed by atoms with E-state index in [2.05, 4.69) is 10.4 Å². The van der Waals surface area contributed by atoms with E-state index in [4.69, 9.17) is 12.2 Å². The van der Waals surface area contributed by atoms with Crippen LogP contribution in [0.2, 0.25) is 0 Å². The van der Waals surface area contributed by atoms with Crippen LogP contribution in [0.25, 0.3) is 22.5 Å². The molecule has 2 aromatic carbocycles. The van der Waals surface area contributed by atoms with Crippen LogP contribution in [-0.4, -0.2) is 21.6 Å². The van der Waals surface area contributed by atoms with Crippen LogP contribution in [0.3, 0.4) is 0 Å². The van der Waals surface area contributed by atoms with Crippen molar-refractivity contribution in [2.45, 2.75) is 0 Å². The SMILES string of the molecule is CNn1c(-c2ccc([N+](=O)[O-])cc2)c(-c2ccccc2)[nH]c1=S. The maximum absolute atomic E-state index is 10.8. The first-order chi connectivity index (χ1) is 11.1. The highest BCUT2D eigenvalue weighted by atomic mass is 32.1. The first-order valence-electron chi connectivity index (χ1n) is 6.95. The number of nitrogens with one attached hydrogen (secondary N) is 2. The zero-order valence-corrected chi connectivity index (χ0v) is 13.1. The Bertz CT molecular complexity index is 898. The van der Waals surface area contributed by atoms with Gasteiger partial charge in [0, 0.05) is 30.3 Å². The summed E-state index contributed by atoms with van der Waals surface area (Å²) in [7, 11) is 1.77. The quantitative estimate of drug-likeness (QED) is 0.432. The highest BCUT2D eigenvalue weighted by molar-refractivity contribution is 7.71. The molecule has 0 radical (unpaired) electrons. The molecule has 0 unspecified atom stereocenters. The molecule has 0 aliphatic rings. The van der Waals surface area contributed by atoms with Gasteiger partial charge in [-0.1, -0.05) is 30.3 Å². The van der Waals surface area contributed by atoms with Crippen LogP contribution in [-0.2, 0) is 0 Å². The summed E-state index contributed by atoms with van der Waals surface area (Å²) >= 11 is 5.36. The third-order valence-electron chi connectivity index (χ3n) is 3.53. The lowest BCUT2D eigenvalue weighted by Gasteiger charge is -2.10. The van der Waals surface area contributed by atoms with E-state index >= 15 is 0 Å². The Morgan fingerprint density at radius 1 is 1.09 bits per heavy atom. The van der Waals surface area contributed by atoms with Crippen molar-refractivity contribution in [2.24, 2.45) is 0 Å². The highest BCUT2D eigenvalue weighted by Gasteiger charge is 2.16. The monoisotopic (exact) mass is 326 g/mol. The summed E-state index contributed by atoms with van der Waals surface area (Å²) in [5.74, 6) is 0. The first kappa shape index (κ1) is 15.0. The summed E-state index contributed by atoms with van der Waals surface area (Å²) in [4.78, 5) is 13.6. The fourth-order valence-corrected chi connectivity index (χ4v) is 2.76. The number of aromatic nitrogens is 2. The normalized spacial score (nSPS) is 10.5. The van der Waals surface area contributed by atoms with Gasteiger partial charge in [0.2, 0.25) is 0 Å². The molecule has 0 fully saturated rings. The number of imidazole rings is 1. The number of hydrogen-bond acceptors (Lipinski definition) is 4. The zero-order chi connectivity index (χ0) is 16.4. The van der Waals surface area contributed by atoms with Gasteiger partial charge in [0.25, 0.3) is 5.69 Å². The molecular weight excluding hydrogens is 312 g/mol. The van der Waals surface area contributed by atoms with E-state index in [0.29, 0.717) is 4.77 Å². The number of rotatable bonds is 4. The molecule has 6 nitrogen and oxygen atoms in total. The Kier molecular flexibility index (Phi) is 3.94. The molecule has 2 N–H and O–H groups in total. The third kappa shape index (κ3) is 2.74. The Labute approximate surface area is 137 Å². The minimum atomic E-state index is -0.413. The van der Waals surface area contributed by atoms with Gasteiger partial charge in [-0.25, -0.2) is 4.68 Å². The molecule has 3 aromatic rings. The molecule has 1 aromatic heterocycles. The summed E-state index contributed by atoms with van der Waals surface area (Å²) in [5.41, 5.74) is 6.60. The second-order valence-corrected chi connectivity index (χ2v) is 5.27. The average molecular weight is 326 g/mol. The first-order valence-corrected chi connectivity index (χ1v) is 7.35. The van der Waals surface area contributed by atoms with E-state index in [0.717, 1.165) is 22.5 Å². The maximum Gasteiger partial charge on any atom is 0.269 e. The minimum absolute atomic E-state index is 0.0557. The number of hydrogen-bond donors (Lipinski definition) is 2. The van der Waals surface area contributed by atoms with E-state index in [9.17, 15) is 10.1 Å². The molecule has 0 amide bonds. The van der Waals surface area contributed by atoms with Crippen molar-refractivity contribution in [3.8, 4) is 22.5 Å².